The molecule has 0 radical (unpaired) electrons. The molecule has 2 unspecified atom stereocenters. The molecule has 2 heterocycles. The van der Waals surface area contributed by atoms with E-state index in [0.29, 0.717) is 17.5 Å². The summed E-state index contributed by atoms with van der Waals surface area (Å²) in [6, 6.07) is 12.0. The van der Waals surface area contributed by atoms with Gasteiger partial charge in [0.1, 0.15) is 29.8 Å². The van der Waals surface area contributed by atoms with Gasteiger partial charge in [-0.1, -0.05) is 115 Å². The summed E-state index contributed by atoms with van der Waals surface area (Å²) in [5.41, 5.74) is 4.25. The van der Waals surface area contributed by atoms with Crippen LogP contribution in [0, 0.1) is 0 Å². The number of aliphatic hydroxyl groups is 2. The Bertz CT molecular complexity index is 2100. The van der Waals surface area contributed by atoms with Gasteiger partial charge in [-0.25, -0.2) is 14.1 Å². The number of primary amides is 1. The van der Waals surface area contributed by atoms with E-state index in [4.69, 9.17) is 37.8 Å². The Morgan fingerprint density at radius 3 is 1.68 bits per heavy atom. The molecule has 0 spiro atoms. The molecule has 360 valence electrons. The molecule has 6 atom stereocenters. The number of amides is 1. The van der Waals surface area contributed by atoms with Gasteiger partial charge in [-0.15, -0.1) is 0 Å². The maximum absolute atomic E-state index is 14.0. The smallest absolute Gasteiger partial charge is 0.427 e. The highest BCUT2D eigenvalue weighted by atomic mass is 31.3. The van der Waals surface area contributed by atoms with Gasteiger partial charge in [0.2, 0.25) is 0 Å². The Hall–Kier alpha value is -4.13. The lowest BCUT2D eigenvalue weighted by Gasteiger charge is -2.22. The number of rotatable bonds is 31. The number of nitrogens with two attached hydrogens (primary N) is 1. The van der Waals surface area contributed by atoms with Gasteiger partial charge in [-0.3, -0.25) is 37.3 Å². The normalized spacial score (nSPS) is 19.0. The lowest BCUT2D eigenvalue weighted by molar-refractivity contribution is -0.135. The predicted molar refractivity (Wildman–Crippen MR) is 236 cm³/mol. The topological polar surface area (TPSA) is 272 Å². The van der Waals surface area contributed by atoms with E-state index >= 15 is 0 Å². The average Bonchev–Trinajstić information content (AvgIpc) is 3.56. The second-order valence-electron chi connectivity index (χ2n) is 15.7. The van der Waals surface area contributed by atoms with Crippen molar-refractivity contribution in [3.63, 3.8) is 0 Å². The highest BCUT2D eigenvalue weighted by Gasteiger charge is 2.46. The molecule has 3 aromatic rings. The van der Waals surface area contributed by atoms with Crippen molar-refractivity contribution in [3.05, 3.63) is 88.1 Å². The Morgan fingerprint density at radius 2 is 1.18 bits per heavy atom. The highest BCUT2D eigenvalue weighted by Crippen LogP contribution is 2.64. The molecule has 0 aliphatic carbocycles. The molecule has 1 aliphatic rings. The van der Waals surface area contributed by atoms with Crippen molar-refractivity contribution < 1.29 is 70.7 Å². The number of carbonyl (C=O) groups excluding carboxylic acids is 3. The van der Waals surface area contributed by atoms with Crippen molar-refractivity contribution in [2.45, 2.75) is 154 Å². The van der Waals surface area contributed by atoms with Crippen LogP contribution in [0.1, 0.15) is 144 Å². The Balaban J connectivity index is 1.33. The lowest BCUT2D eigenvalue weighted by Crippen LogP contribution is -2.38. The van der Waals surface area contributed by atoms with Gasteiger partial charge < -0.3 is 35.1 Å². The first-order valence-electron chi connectivity index (χ1n) is 22.2. The number of ether oxygens (including phenoxy) is 3. The quantitative estimate of drug-likeness (QED) is 0.0208. The molecule has 65 heavy (non-hydrogen) atoms. The van der Waals surface area contributed by atoms with Crippen LogP contribution in [0.15, 0.2) is 65.7 Å². The zero-order valence-electron chi connectivity index (χ0n) is 37.0. The van der Waals surface area contributed by atoms with E-state index in [-0.39, 0.29) is 30.3 Å². The molecule has 5 N–H and O–H groups in total. The van der Waals surface area contributed by atoms with E-state index in [0.717, 1.165) is 49.1 Å². The minimum absolute atomic E-state index is 0.242. The third-order valence-electron chi connectivity index (χ3n) is 10.4. The zero-order chi connectivity index (χ0) is 47.2. The first-order valence-corrected chi connectivity index (χ1v) is 25.1. The fraction of sp³-hybridized carbons (Fsp3) is 0.568. The van der Waals surface area contributed by atoms with E-state index in [1.165, 1.54) is 99.9 Å². The summed E-state index contributed by atoms with van der Waals surface area (Å²) in [5.74, 6) is -1.42. The maximum Gasteiger partial charge on any atom is 0.484 e. The van der Waals surface area contributed by atoms with Crippen molar-refractivity contribution >= 4 is 33.5 Å². The number of hydrogen-bond acceptors (Lipinski definition) is 16. The van der Waals surface area contributed by atoms with Crippen LogP contribution in [0.2, 0.25) is 0 Å². The molecule has 0 saturated carbocycles. The number of nitrogens with zero attached hydrogens (tertiary/aromatic N) is 2. The van der Waals surface area contributed by atoms with Gasteiger partial charge >= 0.3 is 27.6 Å². The van der Waals surface area contributed by atoms with Gasteiger partial charge in [0, 0.05) is 25.2 Å². The Morgan fingerprint density at radius 1 is 0.708 bits per heavy atom. The Labute approximate surface area is 379 Å². The number of carbonyl (C=O) groups is 3. The molecular weight excluding hydrogens is 888 g/mol. The van der Waals surface area contributed by atoms with Crippen molar-refractivity contribution in [1.29, 1.82) is 0 Å². The summed E-state index contributed by atoms with van der Waals surface area (Å²) in [6.07, 6.45) is 11.5. The molecule has 1 amide bonds. The molecule has 1 aromatic heterocycles. The van der Waals surface area contributed by atoms with Crippen molar-refractivity contribution in [3.8, 4) is 11.5 Å². The number of esters is 2. The first kappa shape index (κ1) is 53.5. The molecule has 2 aromatic carbocycles. The number of aliphatic hydroxyl groups excluding tert-OH is 2. The Kier molecular flexibility index (Phi) is 22.6. The molecule has 21 heteroatoms. The van der Waals surface area contributed by atoms with Crippen LogP contribution in [0.4, 0.5) is 0 Å². The largest absolute Gasteiger partial charge is 0.484 e. The van der Waals surface area contributed by atoms with Gasteiger partial charge in [0.25, 0.3) is 11.5 Å². The standard InChI is InChI=1S/C44H63N3O16P2/c1-3-5-7-8-9-10-11-12-13-14-15-16-18-38(49)61-35-25-21-33(22-26-35)30-59-65(56,58-29-32-19-23-34(24-20-32)60-37(48)17-6-4-2)63-64(54,55)57-31-36-40(50)41(51)44(62-36)47-28-27-46-39(42(45)52)43(47)53/h19-28,36,40-41,44,50-51H,3-18,29-31H2,1-2H3,(H2,45,52)(H,54,55)/t36-,40-,41-,44-,65?/m1/s1. The van der Waals surface area contributed by atoms with Crippen LogP contribution in [0.3, 0.4) is 0 Å². The van der Waals surface area contributed by atoms with Crippen molar-refractivity contribution in [2.24, 2.45) is 5.73 Å². The fourth-order valence-electron chi connectivity index (χ4n) is 6.70. The third-order valence-corrected chi connectivity index (χ3v) is 13.4. The fourth-order valence-corrected chi connectivity index (χ4v) is 9.30. The van der Waals surface area contributed by atoms with Crippen molar-refractivity contribution in [2.75, 3.05) is 6.61 Å². The number of aromatic nitrogens is 2. The van der Waals surface area contributed by atoms with E-state index in [9.17, 15) is 43.4 Å². The summed E-state index contributed by atoms with van der Waals surface area (Å²) in [4.78, 5) is 63.2. The number of phosphoric ester groups is 2. The highest BCUT2D eigenvalue weighted by molar-refractivity contribution is 7.61. The molecule has 4 rings (SSSR count). The van der Waals surface area contributed by atoms with Gasteiger partial charge in [-0.2, -0.15) is 4.31 Å². The van der Waals surface area contributed by atoms with E-state index in [1.54, 1.807) is 0 Å². The predicted octanol–water partition coefficient (Wildman–Crippen LogP) is 7.73. The monoisotopic (exact) mass is 951 g/mol. The van der Waals surface area contributed by atoms with E-state index in [1.807, 2.05) is 6.92 Å². The minimum Gasteiger partial charge on any atom is -0.427 e. The first-order chi connectivity index (χ1) is 31.1. The van der Waals surface area contributed by atoms with Crippen LogP contribution in [0.5, 0.6) is 11.5 Å². The molecular formula is C44H63N3O16P2. The molecule has 1 saturated heterocycles. The summed E-state index contributed by atoms with van der Waals surface area (Å²) in [6.45, 7) is 2.25. The van der Waals surface area contributed by atoms with Crippen LogP contribution in [-0.4, -0.2) is 67.4 Å². The number of unbranched alkanes of at least 4 members (excludes halogenated alkanes) is 12. The summed E-state index contributed by atoms with van der Waals surface area (Å²) < 4.78 is 65.3. The summed E-state index contributed by atoms with van der Waals surface area (Å²) >= 11 is 0. The van der Waals surface area contributed by atoms with Gasteiger partial charge in [-0.05, 0) is 48.2 Å². The molecule has 1 aliphatic heterocycles. The van der Waals surface area contributed by atoms with E-state index < -0.39 is 83.1 Å². The third kappa shape index (κ3) is 18.6. The van der Waals surface area contributed by atoms with Crippen LogP contribution >= 0.6 is 15.6 Å². The van der Waals surface area contributed by atoms with Crippen LogP contribution < -0.4 is 20.8 Å². The van der Waals surface area contributed by atoms with Crippen LogP contribution in [-0.2, 0) is 54.6 Å². The average molecular weight is 952 g/mol. The van der Waals surface area contributed by atoms with E-state index in [2.05, 4.69) is 11.9 Å². The zero-order valence-corrected chi connectivity index (χ0v) is 38.8. The lowest BCUT2D eigenvalue weighted by atomic mass is 10.0. The summed E-state index contributed by atoms with van der Waals surface area (Å²) in [5, 5.41) is 21.3. The second kappa shape index (κ2) is 27.5. The number of hydrogen-bond donors (Lipinski definition) is 4. The molecule has 0 bridgehead atoms. The van der Waals surface area contributed by atoms with Gasteiger partial charge in [0.15, 0.2) is 11.9 Å². The molecule has 1 fully saturated rings. The molecule has 19 nitrogen and oxygen atoms in total. The van der Waals surface area contributed by atoms with Gasteiger partial charge in [0.05, 0.1) is 19.8 Å². The second-order valence-corrected chi connectivity index (χ2v) is 19.0. The minimum atomic E-state index is -5.40. The van der Waals surface area contributed by atoms with Crippen molar-refractivity contribution in [1.82, 2.24) is 9.55 Å². The number of benzene rings is 2. The maximum atomic E-state index is 14.0. The SMILES string of the molecule is CCCCCCCCCCCCCCC(=O)Oc1ccc(COP(=O)(OCc2ccc(OC(=O)CCCC)cc2)OP(=O)(O)OC[C@H]2O[C@@H](n3ccnc(C(N)=O)c3=O)[C@H](O)[C@@H]2O)cc1. The number of phosphoric acid groups is 2. The summed E-state index contributed by atoms with van der Waals surface area (Å²) in [7, 11) is -10.4. The van der Waals surface area contributed by atoms with Crippen LogP contribution in [0.25, 0.3) is 0 Å².